The zero-order valence-corrected chi connectivity index (χ0v) is 25.3. The second-order valence-corrected chi connectivity index (χ2v) is 11.9. The van der Waals surface area contributed by atoms with Crippen LogP contribution in [0.15, 0.2) is 127 Å². The van der Waals surface area contributed by atoms with Crippen molar-refractivity contribution >= 4 is 39.3 Å². The first-order valence-electron chi connectivity index (χ1n) is 15.2. The van der Waals surface area contributed by atoms with Gasteiger partial charge in [-0.3, -0.25) is 9.59 Å². The van der Waals surface area contributed by atoms with Crippen molar-refractivity contribution in [1.82, 2.24) is 4.57 Å². The number of hydrogen-bond acceptors (Lipinski definition) is 2. The van der Waals surface area contributed by atoms with Crippen molar-refractivity contribution in [3.05, 3.63) is 155 Å². The summed E-state index contributed by atoms with van der Waals surface area (Å²) in [7, 11) is 0. The molecule has 0 fully saturated rings. The number of imide groups is 1. The summed E-state index contributed by atoms with van der Waals surface area (Å²) in [6.07, 6.45) is 0. The largest absolute Gasteiger partial charge is 0.308 e. The quantitative estimate of drug-likeness (QED) is 0.194. The lowest BCUT2D eigenvalue weighted by molar-refractivity contribution is 0.0926. The van der Waals surface area contributed by atoms with Gasteiger partial charge in [0.2, 0.25) is 0 Å². The van der Waals surface area contributed by atoms with Crippen LogP contribution in [0.2, 0.25) is 0 Å². The predicted octanol–water partition coefficient (Wildman–Crippen LogP) is 9.84. The number of para-hydroxylation sites is 2. The molecule has 4 heteroatoms. The highest BCUT2D eigenvalue weighted by molar-refractivity contribution is 6.36. The number of aryl methyl sites for hydroxylation is 3. The van der Waals surface area contributed by atoms with Crippen LogP contribution in [-0.4, -0.2) is 16.4 Å². The van der Waals surface area contributed by atoms with Gasteiger partial charge in [-0.2, -0.15) is 0 Å². The van der Waals surface area contributed by atoms with Gasteiger partial charge in [0.1, 0.15) is 0 Å². The van der Waals surface area contributed by atoms with Crippen LogP contribution in [0.3, 0.4) is 0 Å². The lowest BCUT2D eigenvalue weighted by Crippen LogP contribution is -2.30. The third kappa shape index (κ3) is 4.06. The fraction of sp³-hybridized carbons (Fsp3) is 0.0732. The summed E-state index contributed by atoms with van der Waals surface area (Å²) < 4.78 is 2.14. The number of fused-ring (bicyclic) bond motifs is 4. The summed E-state index contributed by atoms with van der Waals surface area (Å²) in [6, 6.07) is 42.4. The lowest BCUT2D eigenvalue weighted by Gasteiger charge is -2.18. The Hall–Kier alpha value is -5.74. The van der Waals surface area contributed by atoms with Gasteiger partial charge in [0.05, 0.1) is 33.5 Å². The summed E-state index contributed by atoms with van der Waals surface area (Å²) in [5, 5.41) is 2.19. The molecule has 7 aromatic rings. The maximum absolute atomic E-state index is 14.4. The van der Waals surface area contributed by atoms with E-state index in [2.05, 4.69) is 67.8 Å². The monoisotopic (exact) mass is 582 g/mol. The van der Waals surface area contributed by atoms with E-state index in [0.717, 1.165) is 38.5 Å². The van der Waals surface area contributed by atoms with E-state index in [1.54, 1.807) is 6.07 Å². The van der Waals surface area contributed by atoms with Crippen LogP contribution in [-0.2, 0) is 0 Å². The van der Waals surface area contributed by atoms with Gasteiger partial charge in [-0.25, -0.2) is 4.90 Å². The Balaban J connectivity index is 1.33. The molecule has 4 nitrogen and oxygen atoms in total. The van der Waals surface area contributed by atoms with Crippen molar-refractivity contribution in [3.63, 3.8) is 0 Å². The molecule has 1 aliphatic rings. The molecule has 0 radical (unpaired) electrons. The molecule has 0 saturated heterocycles. The molecular formula is C41H30N2O2. The van der Waals surface area contributed by atoms with Crippen LogP contribution >= 0.6 is 0 Å². The number of amides is 2. The number of hydrogen-bond donors (Lipinski definition) is 0. The SMILES string of the molecule is Cc1cc(C)c(-c2ccc3c(c2)c2ccccc2n3-c2cccc3c2C(=O)N(c2ccccc2-c2ccccc2)C3=O)c(C)c1. The maximum atomic E-state index is 14.4. The van der Waals surface area contributed by atoms with E-state index >= 15 is 0 Å². The van der Waals surface area contributed by atoms with E-state index in [1.165, 1.54) is 27.2 Å². The van der Waals surface area contributed by atoms with Gasteiger partial charge in [0, 0.05) is 16.3 Å². The van der Waals surface area contributed by atoms with Gasteiger partial charge >= 0.3 is 0 Å². The van der Waals surface area contributed by atoms with Crippen molar-refractivity contribution in [3.8, 4) is 27.9 Å². The maximum Gasteiger partial charge on any atom is 0.268 e. The highest BCUT2D eigenvalue weighted by Crippen LogP contribution is 2.41. The van der Waals surface area contributed by atoms with E-state index in [1.807, 2.05) is 78.9 Å². The van der Waals surface area contributed by atoms with Crippen molar-refractivity contribution < 1.29 is 9.59 Å². The van der Waals surface area contributed by atoms with Crippen LogP contribution in [0, 0.1) is 20.8 Å². The van der Waals surface area contributed by atoms with Crippen molar-refractivity contribution in [1.29, 1.82) is 0 Å². The number of rotatable bonds is 4. The summed E-state index contributed by atoms with van der Waals surface area (Å²) >= 11 is 0. The van der Waals surface area contributed by atoms with Gasteiger partial charge in [0.25, 0.3) is 11.8 Å². The van der Waals surface area contributed by atoms with E-state index in [4.69, 9.17) is 0 Å². The zero-order chi connectivity index (χ0) is 30.8. The first kappa shape index (κ1) is 26.9. The third-order valence-electron chi connectivity index (χ3n) is 9.00. The topological polar surface area (TPSA) is 42.3 Å². The summed E-state index contributed by atoms with van der Waals surface area (Å²) in [5.74, 6) is -0.629. The molecule has 0 spiro atoms. The first-order valence-corrected chi connectivity index (χ1v) is 15.2. The van der Waals surface area contributed by atoms with Gasteiger partial charge in [-0.1, -0.05) is 96.6 Å². The summed E-state index contributed by atoms with van der Waals surface area (Å²) in [6.45, 7) is 6.47. The molecule has 0 saturated carbocycles. The second kappa shape index (κ2) is 10.2. The number of aromatic nitrogens is 1. The first-order chi connectivity index (χ1) is 21.9. The van der Waals surface area contributed by atoms with E-state index in [0.29, 0.717) is 22.5 Å². The molecule has 1 aliphatic heterocycles. The molecule has 0 atom stereocenters. The van der Waals surface area contributed by atoms with Crippen LogP contribution in [0.25, 0.3) is 49.7 Å². The molecule has 2 amide bonds. The predicted molar refractivity (Wildman–Crippen MR) is 183 cm³/mol. The Labute approximate surface area is 261 Å². The minimum Gasteiger partial charge on any atom is -0.308 e. The lowest BCUT2D eigenvalue weighted by atomic mass is 9.93. The molecule has 1 aromatic heterocycles. The van der Waals surface area contributed by atoms with Crippen molar-refractivity contribution in [2.24, 2.45) is 0 Å². The van der Waals surface area contributed by atoms with Crippen LogP contribution in [0.5, 0.6) is 0 Å². The fourth-order valence-corrected chi connectivity index (χ4v) is 7.23. The Morgan fingerprint density at radius 2 is 1.11 bits per heavy atom. The summed E-state index contributed by atoms with van der Waals surface area (Å²) in [4.78, 5) is 29.8. The smallest absolute Gasteiger partial charge is 0.268 e. The molecule has 8 rings (SSSR count). The van der Waals surface area contributed by atoms with E-state index in [9.17, 15) is 9.59 Å². The number of benzene rings is 6. The van der Waals surface area contributed by atoms with Gasteiger partial charge in [-0.05, 0) is 85.0 Å². The van der Waals surface area contributed by atoms with Crippen molar-refractivity contribution in [2.45, 2.75) is 20.8 Å². The van der Waals surface area contributed by atoms with Crippen molar-refractivity contribution in [2.75, 3.05) is 4.90 Å². The molecular weight excluding hydrogens is 552 g/mol. The average molecular weight is 583 g/mol. The molecule has 0 bridgehead atoms. The normalized spacial score (nSPS) is 12.8. The molecule has 0 unspecified atom stereocenters. The van der Waals surface area contributed by atoms with Gasteiger partial charge in [-0.15, -0.1) is 0 Å². The Morgan fingerprint density at radius 1 is 0.467 bits per heavy atom. The number of carbonyl (C=O) groups is 2. The minimum atomic E-state index is -0.317. The zero-order valence-electron chi connectivity index (χ0n) is 25.3. The number of anilines is 1. The van der Waals surface area contributed by atoms with Gasteiger partial charge < -0.3 is 4.57 Å². The van der Waals surface area contributed by atoms with Gasteiger partial charge in [0.15, 0.2) is 0 Å². The molecule has 0 N–H and O–H groups in total. The fourth-order valence-electron chi connectivity index (χ4n) is 7.23. The molecule has 0 aliphatic carbocycles. The van der Waals surface area contributed by atoms with Crippen LogP contribution in [0.4, 0.5) is 5.69 Å². The van der Waals surface area contributed by atoms with E-state index < -0.39 is 0 Å². The standard InChI is InChI=1S/C41H30N2O2/c1-25-22-26(2)38(27(3)23-25)29-20-21-36-33(24-29)31-15-8-10-18-35(31)42(36)37-19-11-16-32-39(37)41(45)43(40(32)44)34-17-9-7-14-30(34)28-12-5-4-6-13-28/h4-24H,1-3H3. The molecule has 6 aromatic carbocycles. The Morgan fingerprint density at radius 3 is 1.91 bits per heavy atom. The minimum absolute atomic E-state index is 0.311. The number of carbonyl (C=O) groups excluding carboxylic acids is 2. The summed E-state index contributed by atoms with van der Waals surface area (Å²) in [5.41, 5.74) is 12.0. The van der Waals surface area contributed by atoms with Crippen LogP contribution in [0.1, 0.15) is 37.4 Å². The second-order valence-electron chi connectivity index (χ2n) is 11.9. The highest BCUT2D eigenvalue weighted by Gasteiger charge is 2.40. The Kier molecular flexibility index (Phi) is 6.07. The molecule has 45 heavy (non-hydrogen) atoms. The molecule has 216 valence electrons. The average Bonchev–Trinajstić information content (AvgIpc) is 3.51. The Bertz CT molecular complexity index is 2320. The third-order valence-corrected chi connectivity index (χ3v) is 9.00. The number of nitrogens with zero attached hydrogens (tertiary/aromatic N) is 2. The molecule has 2 heterocycles. The van der Waals surface area contributed by atoms with E-state index in [-0.39, 0.29) is 11.8 Å². The van der Waals surface area contributed by atoms with Crippen LogP contribution < -0.4 is 4.90 Å². The highest BCUT2D eigenvalue weighted by atomic mass is 16.2.